The third kappa shape index (κ3) is 2.45. The predicted molar refractivity (Wildman–Crippen MR) is 69.6 cm³/mol. The standard InChI is InChI=1S/C13H17N3O2/c1-8-5-4-6-9(2)11(8)10-7-14-12(15-10)16-13(17)18-3/h4-6,10H,7H2,1-3H3,(H2,14,15,16,17). The molecule has 5 heteroatoms. The first-order chi connectivity index (χ1) is 8.61. The van der Waals surface area contributed by atoms with E-state index in [0.29, 0.717) is 12.5 Å². The molecule has 1 unspecified atom stereocenters. The van der Waals surface area contributed by atoms with Crippen molar-refractivity contribution < 1.29 is 9.53 Å². The third-order valence-electron chi connectivity index (χ3n) is 3.04. The largest absolute Gasteiger partial charge is 0.453 e. The summed E-state index contributed by atoms with van der Waals surface area (Å²) in [5.74, 6) is 0.467. The molecule has 1 aromatic rings. The normalized spacial score (nSPS) is 17.9. The van der Waals surface area contributed by atoms with Crippen molar-refractivity contribution in [3.63, 3.8) is 0 Å². The van der Waals surface area contributed by atoms with Crippen molar-refractivity contribution in [2.45, 2.75) is 19.9 Å². The van der Waals surface area contributed by atoms with Crippen molar-refractivity contribution in [3.8, 4) is 0 Å². The molecule has 0 saturated heterocycles. The Balaban J connectivity index is 2.09. The van der Waals surface area contributed by atoms with E-state index in [9.17, 15) is 4.79 Å². The maximum absolute atomic E-state index is 11.1. The van der Waals surface area contributed by atoms with Crippen LogP contribution in [0.25, 0.3) is 0 Å². The lowest BCUT2D eigenvalue weighted by Crippen LogP contribution is -2.39. The number of guanidine groups is 1. The van der Waals surface area contributed by atoms with Crippen molar-refractivity contribution in [2.75, 3.05) is 13.7 Å². The monoisotopic (exact) mass is 247 g/mol. The van der Waals surface area contributed by atoms with Crippen molar-refractivity contribution in [1.29, 1.82) is 0 Å². The number of amides is 1. The molecule has 18 heavy (non-hydrogen) atoms. The van der Waals surface area contributed by atoms with Gasteiger partial charge in [-0.05, 0) is 30.5 Å². The third-order valence-corrected chi connectivity index (χ3v) is 3.04. The molecule has 0 aliphatic carbocycles. The fourth-order valence-corrected chi connectivity index (χ4v) is 2.20. The number of nitrogens with zero attached hydrogens (tertiary/aromatic N) is 1. The average Bonchev–Trinajstić information content (AvgIpc) is 2.77. The van der Waals surface area contributed by atoms with Gasteiger partial charge in [0.15, 0.2) is 0 Å². The number of carbonyl (C=O) groups is 1. The molecule has 1 aromatic carbocycles. The van der Waals surface area contributed by atoms with Crippen LogP contribution >= 0.6 is 0 Å². The van der Waals surface area contributed by atoms with E-state index in [1.165, 1.54) is 23.8 Å². The number of nitrogens with one attached hydrogen (secondary N) is 2. The Morgan fingerprint density at radius 3 is 2.72 bits per heavy atom. The summed E-state index contributed by atoms with van der Waals surface area (Å²) in [7, 11) is 1.33. The van der Waals surface area contributed by atoms with E-state index in [1.54, 1.807) is 0 Å². The quantitative estimate of drug-likeness (QED) is 0.793. The smallest absolute Gasteiger partial charge is 0.413 e. The summed E-state index contributed by atoms with van der Waals surface area (Å²) in [6.07, 6.45) is -0.511. The first-order valence-corrected chi connectivity index (χ1v) is 5.84. The molecule has 1 amide bonds. The fraction of sp³-hybridized carbons (Fsp3) is 0.385. The predicted octanol–water partition coefficient (Wildman–Crippen LogP) is 1.66. The van der Waals surface area contributed by atoms with Gasteiger partial charge in [-0.25, -0.2) is 4.79 Å². The van der Waals surface area contributed by atoms with E-state index in [0.717, 1.165) is 0 Å². The van der Waals surface area contributed by atoms with Gasteiger partial charge < -0.3 is 10.1 Å². The number of methoxy groups -OCH3 is 1. The van der Waals surface area contributed by atoms with Gasteiger partial charge in [0.25, 0.3) is 0 Å². The number of benzene rings is 1. The number of rotatable bonds is 1. The van der Waals surface area contributed by atoms with E-state index < -0.39 is 6.09 Å². The fourth-order valence-electron chi connectivity index (χ4n) is 2.20. The second kappa shape index (κ2) is 5.08. The number of aliphatic imine (C=N–C) groups is 1. The zero-order valence-corrected chi connectivity index (χ0v) is 10.8. The molecule has 0 fully saturated rings. The first-order valence-electron chi connectivity index (χ1n) is 5.84. The minimum absolute atomic E-state index is 0.110. The number of hydrogen-bond acceptors (Lipinski definition) is 4. The Bertz CT molecular complexity index is 477. The second-order valence-corrected chi connectivity index (χ2v) is 4.31. The van der Waals surface area contributed by atoms with Gasteiger partial charge in [0.1, 0.15) is 0 Å². The number of ether oxygens (including phenoxy) is 1. The van der Waals surface area contributed by atoms with E-state index in [1.807, 2.05) is 6.07 Å². The number of aryl methyl sites for hydroxylation is 2. The minimum atomic E-state index is -0.511. The summed E-state index contributed by atoms with van der Waals surface area (Å²) in [5.41, 5.74) is 3.69. The Morgan fingerprint density at radius 2 is 2.11 bits per heavy atom. The highest BCUT2D eigenvalue weighted by Crippen LogP contribution is 2.24. The van der Waals surface area contributed by atoms with Crippen LogP contribution in [0, 0.1) is 13.8 Å². The lowest BCUT2D eigenvalue weighted by molar-refractivity contribution is 0.176. The summed E-state index contributed by atoms with van der Waals surface area (Å²) >= 11 is 0. The summed E-state index contributed by atoms with van der Waals surface area (Å²) < 4.78 is 4.53. The maximum atomic E-state index is 11.1. The van der Waals surface area contributed by atoms with Crippen LogP contribution in [0.5, 0.6) is 0 Å². The van der Waals surface area contributed by atoms with Crippen molar-refractivity contribution in [1.82, 2.24) is 10.6 Å². The van der Waals surface area contributed by atoms with E-state index in [2.05, 4.69) is 46.3 Å². The van der Waals surface area contributed by atoms with E-state index >= 15 is 0 Å². The van der Waals surface area contributed by atoms with Crippen LogP contribution in [-0.2, 0) is 4.74 Å². The highest BCUT2D eigenvalue weighted by atomic mass is 16.5. The van der Waals surface area contributed by atoms with Gasteiger partial charge in [0, 0.05) is 0 Å². The van der Waals surface area contributed by atoms with Crippen LogP contribution in [0.3, 0.4) is 0 Å². The second-order valence-electron chi connectivity index (χ2n) is 4.31. The van der Waals surface area contributed by atoms with Crippen molar-refractivity contribution in [2.24, 2.45) is 4.99 Å². The number of alkyl carbamates (subject to hydrolysis) is 1. The molecule has 1 aliphatic rings. The zero-order valence-electron chi connectivity index (χ0n) is 10.8. The minimum Gasteiger partial charge on any atom is -0.453 e. The van der Waals surface area contributed by atoms with Gasteiger partial charge in [-0.15, -0.1) is 0 Å². The molecule has 0 spiro atoms. The van der Waals surface area contributed by atoms with Gasteiger partial charge in [-0.2, -0.15) is 0 Å². The average molecular weight is 247 g/mol. The summed E-state index contributed by atoms with van der Waals surface area (Å²) in [4.78, 5) is 15.3. The molecule has 5 nitrogen and oxygen atoms in total. The molecule has 0 aromatic heterocycles. The molecule has 96 valence electrons. The topological polar surface area (TPSA) is 62.7 Å². The van der Waals surface area contributed by atoms with Crippen LogP contribution < -0.4 is 10.6 Å². The van der Waals surface area contributed by atoms with Gasteiger partial charge in [0.2, 0.25) is 5.96 Å². The molecule has 2 N–H and O–H groups in total. The summed E-state index contributed by atoms with van der Waals surface area (Å²) in [5, 5.41) is 5.74. The van der Waals surface area contributed by atoms with Gasteiger partial charge in [-0.3, -0.25) is 10.3 Å². The van der Waals surface area contributed by atoms with Crippen LogP contribution in [0.15, 0.2) is 23.2 Å². The van der Waals surface area contributed by atoms with Crippen LogP contribution in [0.4, 0.5) is 4.79 Å². The lowest BCUT2D eigenvalue weighted by atomic mass is 9.97. The Labute approximate surface area is 106 Å². The zero-order chi connectivity index (χ0) is 13.1. The van der Waals surface area contributed by atoms with Crippen molar-refractivity contribution in [3.05, 3.63) is 34.9 Å². The molecular formula is C13H17N3O2. The van der Waals surface area contributed by atoms with E-state index in [-0.39, 0.29) is 6.04 Å². The maximum Gasteiger partial charge on any atom is 0.413 e. The molecule has 0 bridgehead atoms. The highest BCUT2D eigenvalue weighted by molar-refractivity contribution is 5.95. The molecule has 1 atom stereocenters. The Hall–Kier alpha value is -2.04. The van der Waals surface area contributed by atoms with Crippen LogP contribution in [0.1, 0.15) is 22.7 Å². The molecular weight excluding hydrogens is 230 g/mol. The Kier molecular flexibility index (Phi) is 3.50. The summed E-state index contributed by atoms with van der Waals surface area (Å²) in [6.45, 7) is 4.77. The molecule has 0 saturated carbocycles. The molecule has 1 heterocycles. The number of carbonyl (C=O) groups excluding carboxylic acids is 1. The van der Waals surface area contributed by atoms with Gasteiger partial charge in [0.05, 0.1) is 19.7 Å². The highest BCUT2D eigenvalue weighted by Gasteiger charge is 2.23. The number of hydrogen-bond donors (Lipinski definition) is 2. The molecule has 1 aliphatic heterocycles. The van der Waals surface area contributed by atoms with Crippen LogP contribution in [-0.4, -0.2) is 25.7 Å². The van der Waals surface area contributed by atoms with Gasteiger partial charge in [-0.1, -0.05) is 18.2 Å². The SMILES string of the molecule is COC(=O)NC1=NCC(c2c(C)cccc2C)N1. The molecule has 2 rings (SSSR count). The summed E-state index contributed by atoms with van der Waals surface area (Å²) in [6, 6.07) is 6.31. The van der Waals surface area contributed by atoms with Crippen LogP contribution in [0.2, 0.25) is 0 Å². The van der Waals surface area contributed by atoms with Crippen molar-refractivity contribution >= 4 is 12.1 Å². The van der Waals surface area contributed by atoms with Gasteiger partial charge >= 0.3 is 6.09 Å². The lowest BCUT2D eigenvalue weighted by Gasteiger charge is -2.17. The molecule has 0 radical (unpaired) electrons. The van der Waals surface area contributed by atoms with E-state index in [4.69, 9.17) is 0 Å². The first kappa shape index (κ1) is 12.4. The Morgan fingerprint density at radius 1 is 1.44 bits per heavy atom.